The Hall–Kier alpha value is -0.900. The Morgan fingerprint density at radius 2 is 1.97 bits per heavy atom. The van der Waals surface area contributed by atoms with E-state index in [0.717, 1.165) is 64.9 Å². The van der Waals surface area contributed by atoms with E-state index >= 15 is 0 Å². The van der Waals surface area contributed by atoms with Crippen LogP contribution in [-0.2, 0) is 9.47 Å². The maximum atomic E-state index is 6.01. The number of morpholine rings is 1. The molecule has 0 amide bonds. The Labute approximate surface area is 199 Å². The summed E-state index contributed by atoms with van der Waals surface area (Å²) in [7, 11) is 0. The Kier molecular flexibility index (Phi) is 11.4. The summed E-state index contributed by atoms with van der Waals surface area (Å²) in [5.74, 6) is 1.97. The summed E-state index contributed by atoms with van der Waals surface area (Å²) in [6, 6.07) is 10.5. The Morgan fingerprint density at radius 3 is 2.70 bits per heavy atom. The molecule has 0 spiro atoms. The van der Waals surface area contributed by atoms with Gasteiger partial charge in [0.2, 0.25) is 0 Å². The number of ether oxygens (including phenoxy) is 2. The molecule has 170 valence electrons. The Morgan fingerprint density at radius 1 is 1.17 bits per heavy atom. The van der Waals surface area contributed by atoms with Crippen molar-refractivity contribution in [1.29, 1.82) is 0 Å². The van der Waals surface area contributed by atoms with Gasteiger partial charge >= 0.3 is 0 Å². The normalized spacial score (nSPS) is 25.2. The molecule has 3 atom stereocenters. The molecule has 1 aromatic rings. The molecule has 3 rings (SSSR count). The van der Waals surface area contributed by atoms with Crippen molar-refractivity contribution in [3.8, 4) is 0 Å². The summed E-state index contributed by atoms with van der Waals surface area (Å²) in [5, 5.41) is 6.86. The Bertz CT molecular complexity index is 629. The van der Waals surface area contributed by atoms with E-state index in [1.807, 2.05) is 0 Å². The largest absolute Gasteiger partial charge is 0.374 e. The standard InChI is InChI=1S/C23H38N4O2.HI/c1-4-24-23(26-15-21-17-27(11-13-28-21)16-18(2)3)25-14-20-10-12-29-22(20)19-8-6-5-7-9-19;/h5-9,18,20-22H,4,10-17H2,1-3H3,(H2,24,25,26);1H. The van der Waals surface area contributed by atoms with Crippen LogP contribution < -0.4 is 10.6 Å². The van der Waals surface area contributed by atoms with Crippen molar-refractivity contribution in [3.63, 3.8) is 0 Å². The van der Waals surface area contributed by atoms with Crippen LogP contribution in [0.4, 0.5) is 0 Å². The zero-order valence-corrected chi connectivity index (χ0v) is 21.0. The van der Waals surface area contributed by atoms with Crippen LogP contribution in [0.15, 0.2) is 35.3 Å². The highest BCUT2D eigenvalue weighted by Gasteiger charge is 2.29. The maximum absolute atomic E-state index is 6.01. The van der Waals surface area contributed by atoms with Crippen molar-refractivity contribution in [1.82, 2.24) is 15.5 Å². The third-order valence-corrected chi connectivity index (χ3v) is 5.51. The summed E-state index contributed by atoms with van der Waals surface area (Å²) >= 11 is 0. The summed E-state index contributed by atoms with van der Waals surface area (Å²) in [6.07, 6.45) is 1.41. The quantitative estimate of drug-likeness (QED) is 0.307. The third-order valence-electron chi connectivity index (χ3n) is 5.51. The number of halogens is 1. The summed E-state index contributed by atoms with van der Waals surface area (Å²) in [4.78, 5) is 7.37. The molecule has 7 heteroatoms. The molecule has 0 saturated carbocycles. The molecule has 2 saturated heterocycles. The van der Waals surface area contributed by atoms with Gasteiger partial charge in [-0.25, -0.2) is 0 Å². The van der Waals surface area contributed by atoms with E-state index in [0.29, 0.717) is 11.8 Å². The third kappa shape index (κ3) is 7.98. The van der Waals surface area contributed by atoms with Crippen molar-refractivity contribution in [2.45, 2.75) is 39.4 Å². The summed E-state index contributed by atoms with van der Waals surface area (Å²) in [6.45, 7) is 13.8. The molecule has 0 radical (unpaired) electrons. The molecule has 2 fully saturated rings. The first kappa shape index (κ1) is 25.4. The molecular formula is C23H39IN4O2. The first-order chi connectivity index (χ1) is 14.2. The molecule has 6 nitrogen and oxygen atoms in total. The van der Waals surface area contributed by atoms with Crippen LogP contribution in [0, 0.1) is 11.8 Å². The zero-order chi connectivity index (χ0) is 20.5. The minimum atomic E-state index is 0. The lowest BCUT2D eigenvalue weighted by atomic mass is 9.95. The van der Waals surface area contributed by atoms with E-state index in [2.05, 4.69) is 66.6 Å². The van der Waals surface area contributed by atoms with Crippen molar-refractivity contribution in [2.75, 3.05) is 52.5 Å². The van der Waals surface area contributed by atoms with Crippen LogP contribution in [0.5, 0.6) is 0 Å². The number of nitrogens with zero attached hydrogens (tertiary/aromatic N) is 2. The fraction of sp³-hybridized carbons (Fsp3) is 0.696. The van der Waals surface area contributed by atoms with Gasteiger partial charge in [-0.3, -0.25) is 9.89 Å². The highest BCUT2D eigenvalue weighted by molar-refractivity contribution is 14.0. The van der Waals surface area contributed by atoms with Gasteiger partial charge in [-0.2, -0.15) is 0 Å². The summed E-state index contributed by atoms with van der Waals surface area (Å²) in [5.41, 5.74) is 1.25. The highest BCUT2D eigenvalue weighted by atomic mass is 127. The molecule has 2 heterocycles. The van der Waals surface area contributed by atoms with E-state index < -0.39 is 0 Å². The van der Waals surface area contributed by atoms with Crippen molar-refractivity contribution < 1.29 is 9.47 Å². The molecule has 2 aliphatic heterocycles. The second-order valence-electron chi connectivity index (χ2n) is 8.50. The zero-order valence-electron chi connectivity index (χ0n) is 18.7. The van der Waals surface area contributed by atoms with Crippen molar-refractivity contribution >= 4 is 29.9 Å². The van der Waals surface area contributed by atoms with Crippen LogP contribution in [-0.4, -0.2) is 69.4 Å². The fourth-order valence-electron chi connectivity index (χ4n) is 4.18. The van der Waals surface area contributed by atoms with Gasteiger partial charge in [-0.1, -0.05) is 44.2 Å². The average molecular weight is 530 g/mol. The minimum absolute atomic E-state index is 0. The fourth-order valence-corrected chi connectivity index (χ4v) is 4.18. The predicted octanol–water partition coefficient (Wildman–Crippen LogP) is 3.29. The minimum Gasteiger partial charge on any atom is -0.374 e. The average Bonchev–Trinajstić information content (AvgIpc) is 3.19. The van der Waals surface area contributed by atoms with Gasteiger partial charge in [0, 0.05) is 51.8 Å². The number of rotatable bonds is 8. The number of nitrogens with one attached hydrogen (secondary N) is 2. The van der Waals surface area contributed by atoms with Gasteiger partial charge in [0.1, 0.15) is 0 Å². The number of guanidine groups is 1. The van der Waals surface area contributed by atoms with Crippen molar-refractivity contribution in [2.24, 2.45) is 16.8 Å². The summed E-state index contributed by atoms with van der Waals surface area (Å²) < 4.78 is 12.0. The highest BCUT2D eigenvalue weighted by Crippen LogP contribution is 2.34. The molecule has 2 aliphatic rings. The molecule has 0 aliphatic carbocycles. The Balaban J connectivity index is 0.00000320. The monoisotopic (exact) mass is 530 g/mol. The number of hydrogen-bond donors (Lipinski definition) is 2. The van der Waals surface area contributed by atoms with Crippen LogP contribution >= 0.6 is 24.0 Å². The van der Waals surface area contributed by atoms with Gasteiger partial charge < -0.3 is 20.1 Å². The smallest absolute Gasteiger partial charge is 0.191 e. The maximum Gasteiger partial charge on any atom is 0.191 e. The lowest BCUT2D eigenvalue weighted by molar-refractivity contribution is -0.0284. The number of benzene rings is 1. The molecule has 0 bridgehead atoms. The van der Waals surface area contributed by atoms with Crippen LogP contribution in [0.25, 0.3) is 0 Å². The lowest BCUT2D eigenvalue weighted by Gasteiger charge is -2.34. The van der Waals surface area contributed by atoms with Gasteiger partial charge in [-0.15, -0.1) is 24.0 Å². The van der Waals surface area contributed by atoms with Gasteiger partial charge in [-0.05, 0) is 24.8 Å². The van der Waals surface area contributed by atoms with E-state index in [-0.39, 0.29) is 36.2 Å². The lowest BCUT2D eigenvalue weighted by Crippen LogP contribution is -2.50. The second kappa shape index (κ2) is 13.5. The van der Waals surface area contributed by atoms with Gasteiger partial charge in [0.05, 0.1) is 18.8 Å². The topological polar surface area (TPSA) is 58.1 Å². The second-order valence-corrected chi connectivity index (χ2v) is 8.50. The van der Waals surface area contributed by atoms with E-state index in [1.165, 1.54) is 5.56 Å². The SMILES string of the molecule is CCNC(=NCC1CCOC1c1ccccc1)NCC1CN(CC(C)C)CCO1.I. The molecule has 2 N–H and O–H groups in total. The molecule has 30 heavy (non-hydrogen) atoms. The van der Waals surface area contributed by atoms with Crippen LogP contribution in [0.1, 0.15) is 38.9 Å². The molecule has 1 aromatic carbocycles. The number of aliphatic imine (C=N–C) groups is 1. The molecule has 3 unspecified atom stereocenters. The van der Waals surface area contributed by atoms with E-state index in [4.69, 9.17) is 14.5 Å². The molecular weight excluding hydrogens is 491 g/mol. The predicted molar refractivity (Wildman–Crippen MR) is 134 cm³/mol. The van der Waals surface area contributed by atoms with Crippen LogP contribution in [0.2, 0.25) is 0 Å². The number of hydrogen-bond acceptors (Lipinski definition) is 4. The van der Waals surface area contributed by atoms with Crippen LogP contribution in [0.3, 0.4) is 0 Å². The van der Waals surface area contributed by atoms with E-state index in [9.17, 15) is 0 Å². The van der Waals surface area contributed by atoms with E-state index in [1.54, 1.807) is 0 Å². The van der Waals surface area contributed by atoms with Gasteiger partial charge in [0.15, 0.2) is 5.96 Å². The van der Waals surface area contributed by atoms with Gasteiger partial charge in [0.25, 0.3) is 0 Å². The van der Waals surface area contributed by atoms with Crippen molar-refractivity contribution in [3.05, 3.63) is 35.9 Å². The first-order valence-corrected chi connectivity index (χ1v) is 11.2. The molecule has 0 aromatic heterocycles. The first-order valence-electron chi connectivity index (χ1n) is 11.2.